The molecule has 114 valence electrons. The van der Waals surface area contributed by atoms with Gasteiger partial charge in [0.15, 0.2) is 0 Å². The average Bonchev–Trinajstić information content (AvgIpc) is 2.54. The van der Waals surface area contributed by atoms with Gasteiger partial charge in [-0.25, -0.2) is 0 Å². The van der Waals surface area contributed by atoms with Crippen molar-refractivity contribution in [3.63, 3.8) is 0 Å². The summed E-state index contributed by atoms with van der Waals surface area (Å²) in [5.74, 6) is 0.982. The molecule has 0 saturated heterocycles. The number of carbonyl (C=O) groups is 1. The van der Waals surface area contributed by atoms with Crippen LogP contribution in [0.1, 0.15) is 50.2 Å². The average molecular weight is 286 g/mol. The number of carbonyl (C=O) groups excluding carboxylic acids is 1. The maximum absolute atomic E-state index is 12.5. The van der Waals surface area contributed by atoms with Gasteiger partial charge in [0.2, 0.25) is 5.91 Å². The van der Waals surface area contributed by atoms with E-state index in [1.807, 2.05) is 0 Å². The van der Waals surface area contributed by atoms with Crippen LogP contribution >= 0.6 is 0 Å². The molecule has 0 bridgehead atoms. The molecule has 2 aliphatic rings. The van der Waals surface area contributed by atoms with E-state index in [0.29, 0.717) is 6.04 Å². The van der Waals surface area contributed by atoms with Gasteiger partial charge in [-0.3, -0.25) is 4.79 Å². The second kappa shape index (κ2) is 6.61. The Kier molecular flexibility index (Phi) is 4.59. The first kappa shape index (κ1) is 14.6. The maximum atomic E-state index is 12.5. The molecule has 1 aliphatic heterocycles. The van der Waals surface area contributed by atoms with Gasteiger partial charge in [-0.2, -0.15) is 0 Å². The van der Waals surface area contributed by atoms with E-state index >= 15 is 0 Å². The lowest BCUT2D eigenvalue weighted by molar-refractivity contribution is -0.124. The fourth-order valence-electron chi connectivity index (χ4n) is 3.73. The number of rotatable bonds is 3. The van der Waals surface area contributed by atoms with E-state index in [-0.39, 0.29) is 11.9 Å². The first-order chi connectivity index (χ1) is 10.3. The Balaban J connectivity index is 1.57. The van der Waals surface area contributed by atoms with Crippen molar-refractivity contribution in [1.82, 2.24) is 10.6 Å². The van der Waals surface area contributed by atoms with Crippen LogP contribution in [0.2, 0.25) is 0 Å². The summed E-state index contributed by atoms with van der Waals surface area (Å²) < 4.78 is 0. The molecule has 2 N–H and O–H groups in total. The highest BCUT2D eigenvalue weighted by Crippen LogP contribution is 2.26. The quantitative estimate of drug-likeness (QED) is 0.897. The zero-order chi connectivity index (χ0) is 14.7. The first-order valence-electron chi connectivity index (χ1n) is 8.36. The van der Waals surface area contributed by atoms with Crippen LogP contribution in [0.25, 0.3) is 0 Å². The van der Waals surface area contributed by atoms with E-state index in [9.17, 15) is 4.79 Å². The molecule has 3 atom stereocenters. The Labute approximate surface area is 127 Å². The Morgan fingerprint density at radius 3 is 2.90 bits per heavy atom. The summed E-state index contributed by atoms with van der Waals surface area (Å²) in [5, 5.41) is 6.66. The highest BCUT2D eigenvalue weighted by Gasteiger charge is 2.27. The van der Waals surface area contributed by atoms with E-state index in [1.54, 1.807) is 0 Å². The normalized spacial score (nSPS) is 28.7. The molecule has 0 aromatic heterocycles. The van der Waals surface area contributed by atoms with Gasteiger partial charge in [-0.15, -0.1) is 0 Å². The number of fused-ring (bicyclic) bond motifs is 1. The van der Waals surface area contributed by atoms with Gasteiger partial charge in [0.25, 0.3) is 0 Å². The van der Waals surface area contributed by atoms with Crippen molar-refractivity contribution in [2.45, 2.75) is 64.1 Å². The third kappa shape index (κ3) is 3.46. The van der Waals surface area contributed by atoms with Crippen molar-refractivity contribution < 1.29 is 4.79 Å². The van der Waals surface area contributed by atoms with E-state index < -0.39 is 0 Å². The molecule has 21 heavy (non-hydrogen) atoms. The molecule has 1 aliphatic carbocycles. The number of hydrogen-bond acceptors (Lipinski definition) is 2. The van der Waals surface area contributed by atoms with Gasteiger partial charge >= 0.3 is 0 Å². The number of nitrogens with one attached hydrogen (secondary N) is 2. The first-order valence-corrected chi connectivity index (χ1v) is 8.36. The lowest BCUT2D eigenvalue weighted by atomic mass is 9.84. The van der Waals surface area contributed by atoms with Crippen molar-refractivity contribution >= 4 is 5.91 Å². The molecular formula is C18H26N2O. The number of benzene rings is 1. The predicted molar refractivity (Wildman–Crippen MR) is 85.0 cm³/mol. The second-order valence-corrected chi connectivity index (χ2v) is 6.55. The van der Waals surface area contributed by atoms with E-state index in [1.165, 1.54) is 30.4 Å². The zero-order valence-electron chi connectivity index (χ0n) is 12.9. The van der Waals surface area contributed by atoms with Crippen LogP contribution in [-0.2, 0) is 17.8 Å². The summed E-state index contributed by atoms with van der Waals surface area (Å²) in [6.07, 6.45) is 6.94. The fraction of sp³-hybridized carbons (Fsp3) is 0.611. The van der Waals surface area contributed by atoms with E-state index in [4.69, 9.17) is 0 Å². The third-order valence-corrected chi connectivity index (χ3v) is 5.10. The molecule has 0 spiro atoms. The monoisotopic (exact) mass is 286 g/mol. The SMILES string of the molecule is CCC1CCCC(NC(=O)[C@H]2Cc3ccccc3CN2)C1. The standard InChI is InChI=1S/C18H26N2O/c1-2-13-6-5-9-16(10-13)20-18(21)17-11-14-7-3-4-8-15(14)12-19-17/h3-4,7-8,13,16-17,19H,2,5-6,9-12H2,1H3,(H,20,21)/t13?,16?,17-/m1/s1. The molecule has 3 nitrogen and oxygen atoms in total. The van der Waals surface area contributed by atoms with Crippen LogP contribution in [0.3, 0.4) is 0 Å². The Morgan fingerprint density at radius 1 is 1.29 bits per heavy atom. The molecule has 1 aromatic rings. The predicted octanol–water partition coefficient (Wildman–Crippen LogP) is 2.79. The molecule has 1 amide bonds. The van der Waals surface area contributed by atoms with Gasteiger partial charge in [0.1, 0.15) is 0 Å². The maximum Gasteiger partial charge on any atom is 0.237 e. The minimum absolute atomic E-state index is 0.0677. The highest BCUT2D eigenvalue weighted by molar-refractivity contribution is 5.82. The van der Waals surface area contributed by atoms with Crippen LogP contribution in [0.15, 0.2) is 24.3 Å². The minimum Gasteiger partial charge on any atom is -0.352 e. The van der Waals surface area contributed by atoms with Crippen LogP contribution in [0, 0.1) is 5.92 Å². The molecule has 1 heterocycles. The lowest BCUT2D eigenvalue weighted by Gasteiger charge is -2.32. The topological polar surface area (TPSA) is 41.1 Å². The number of hydrogen-bond donors (Lipinski definition) is 2. The summed E-state index contributed by atoms with van der Waals surface area (Å²) in [4.78, 5) is 12.5. The zero-order valence-corrected chi connectivity index (χ0v) is 12.9. The molecule has 1 aromatic carbocycles. The van der Waals surface area contributed by atoms with Crippen LogP contribution in [0.4, 0.5) is 0 Å². The molecule has 2 unspecified atom stereocenters. The number of amides is 1. The molecule has 1 fully saturated rings. The molecular weight excluding hydrogens is 260 g/mol. The Morgan fingerprint density at radius 2 is 2.10 bits per heavy atom. The summed E-state index contributed by atoms with van der Waals surface area (Å²) in [6, 6.07) is 8.73. The molecule has 1 saturated carbocycles. The summed E-state index contributed by atoms with van der Waals surface area (Å²) >= 11 is 0. The van der Waals surface area contributed by atoms with Gasteiger partial charge in [0, 0.05) is 12.6 Å². The van der Waals surface area contributed by atoms with Gasteiger partial charge in [-0.1, -0.05) is 50.5 Å². The van der Waals surface area contributed by atoms with Crippen LogP contribution in [-0.4, -0.2) is 18.0 Å². The Bertz CT molecular complexity index is 500. The van der Waals surface area contributed by atoms with Crippen molar-refractivity contribution in [3.8, 4) is 0 Å². The van der Waals surface area contributed by atoms with E-state index in [0.717, 1.165) is 31.7 Å². The van der Waals surface area contributed by atoms with Crippen molar-refractivity contribution in [2.24, 2.45) is 5.92 Å². The summed E-state index contributed by atoms with van der Waals surface area (Å²) in [6.45, 7) is 3.06. The third-order valence-electron chi connectivity index (χ3n) is 5.10. The van der Waals surface area contributed by atoms with Crippen LogP contribution in [0.5, 0.6) is 0 Å². The summed E-state index contributed by atoms with van der Waals surface area (Å²) in [5.41, 5.74) is 2.64. The Hall–Kier alpha value is -1.35. The molecule has 0 radical (unpaired) electrons. The highest BCUT2D eigenvalue weighted by atomic mass is 16.2. The smallest absolute Gasteiger partial charge is 0.237 e. The molecule has 3 heteroatoms. The van der Waals surface area contributed by atoms with Gasteiger partial charge < -0.3 is 10.6 Å². The summed E-state index contributed by atoms with van der Waals surface area (Å²) in [7, 11) is 0. The van der Waals surface area contributed by atoms with Gasteiger partial charge in [-0.05, 0) is 36.3 Å². The van der Waals surface area contributed by atoms with E-state index in [2.05, 4.69) is 41.8 Å². The molecule has 3 rings (SSSR count). The van der Waals surface area contributed by atoms with Crippen molar-refractivity contribution in [3.05, 3.63) is 35.4 Å². The van der Waals surface area contributed by atoms with Crippen molar-refractivity contribution in [2.75, 3.05) is 0 Å². The largest absolute Gasteiger partial charge is 0.352 e. The van der Waals surface area contributed by atoms with Gasteiger partial charge in [0.05, 0.1) is 6.04 Å². The second-order valence-electron chi connectivity index (χ2n) is 6.55. The minimum atomic E-state index is -0.0677. The van der Waals surface area contributed by atoms with Crippen molar-refractivity contribution in [1.29, 1.82) is 0 Å². The lowest BCUT2D eigenvalue weighted by Crippen LogP contribution is -2.51. The fourth-order valence-corrected chi connectivity index (χ4v) is 3.73. The van der Waals surface area contributed by atoms with Crippen LogP contribution < -0.4 is 10.6 Å².